The number of benzene rings is 1. The Morgan fingerprint density at radius 2 is 1.72 bits per heavy atom. The molecule has 3 heteroatoms. The molecule has 0 aliphatic heterocycles. The molecule has 1 aliphatic rings. The van der Waals surface area contributed by atoms with E-state index >= 15 is 0 Å². The second-order valence-corrected chi connectivity index (χ2v) is 5.92. The van der Waals surface area contributed by atoms with E-state index in [1.807, 2.05) is 27.8 Å². The molecule has 0 fully saturated rings. The fourth-order valence-corrected chi connectivity index (χ4v) is 2.29. The first kappa shape index (κ1) is 12.9. The van der Waals surface area contributed by atoms with Crippen molar-refractivity contribution < 1.29 is 9.53 Å². The van der Waals surface area contributed by atoms with Crippen molar-refractivity contribution in [2.45, 2.75) is 45.3 Å². The number of hydrogen-bond donors (Lipinski definition) is 0. The summed E-state index contributed by atoms with van der Waals surface area (Å²) < 4.78 is 5.40. The summed E-state index contributed by atoms with van der Waals surface area (Å²) in [5.74, 6) is 0. The van der Waals surface area contributed by atoms with Gasteiger partial charge in [0.05, 0.1) is 0 Å². The van der Waals surface area contributed by atoms with Crippen molar-refractivity contribution in [3.05, 3.63) is 35.4 Å². The monoisotopic (exact) mass is 247 g/mol. The van der Waals surface area contributed by atoms with Gasteiger partial charge in [-0.15, -0.1) is 0 Å². The number of likely N-dealkylation sites (N-methyl/N-ethyl adjacent to an activating group) is 1. The zero-order chi connectivity index (χ0) is 13.3. The molecule has 18 heavy (non-hydrogen) atoms. The van der Waals surface area contributed by atoms with Crippen LogP contribution in [0.4, 0.5) is 4.79 Å². The van der Waals surface area contributed by atoms with E-state index in [4.69, 9.17) is 4.74 Å². The molecule has 0 heterocycles. The molecule has 0 atom stereocenters. The van der Waals surface area contributed by atoms with Crippen molar-refractivity contribution in [2.75, 3.05) is 7.05 Å². The van der Waals surface area contributed by atoms with Crippen molar-refractivity contribution in [1.82, 2.24) is 4.90 Å². The summed E-state index contributed by atoms with van der Waals surface area (Å²) in [6, 6.07) is 8.59. The molecular weight excluding hydrogens is 226 g/mol. The fraction of sp³-hybridized carbons (Fsp3) is 0.533. The van der Waals surface area contributed by atoms with Crippen molar-refractivity contribution in [3.8, 4) is 0 Å². The molecule has 98 valence electrons. The number of carbonyl (C=O) groups excluding carboxylic acids is 1. The van der Waals surface area contributed by atoms with E-state index in [9.17, 15) is 4.79 Å². The van der Waals surface area contributed by atoms with Gasteiger partial charge < -0.3 is 9.64 Å². The zero-order valence-corrected chi connectivity index (χ0v) is 11.6. The van der Waals surface area contributed by atoms with Crippen LogP contribution in [0.3, 0.4) is 0 Å². The van der Waals surface area contributed by atoms with Gasteiger partial charge in [0, 0.05) is 13.1 Å². The predicted octanol–water partition coefficient (Wildman–Crippen LogP) is 3.02. The molecule has 0 spiro atoms. The molecule has 1 amide bonds. The lowest BCUT2D eigenvalue weighted by Gasteiger charge is -2.28. The summed E-state index contributed by atoms with van der Waals surface area (Å²) in [7, 11) is 1.82. The quantitative estimate of drug-likeness (QED) is 0.763. The average molecular weight is 247 g/mol. The van der Waals surface area contributed by atoms with Crippen LogP contribution in [0.1, 0.15) is 31.9 Å². The van der Waals surface area contributed by atoms with E-state index in [-0.39, 0.29) is 12.1 Å². The second-order valence-electron chi connectivity index (χ2n) is 5.92. The summed E-state index contributed by atoms with van der Waals surface area (Å²) in [5.41, 5.74) is 2.26. The van der Waals surface area contributed by atoms with Gasteiger partial charge in [-0.2, -0.15) is 0 Å². The largest absolute Gasteiger partial charge is 0.444 e. The molecule has 1 aromatic rings. The van der Waals surface area contributed by atoms with Gasteiger partial charge in [-0.3, -0.25) is 0 Å². The normalized spacial score (nSPS) is 15.3. The number of nitrogens with zero attached hydrogens (tertiary/aromatic N) is 1. The third kappa shape index (κ3) is 2.84. The fourth-order valence-electron chi connectivity index (χ4n) is 2.29. The van der Waals surface area contributed by atoms with Gasteiger partial charge in [0.2, 0.25) is 0 Å². The van der Waals surface area contributed by atoms with Crippen LogP contribution in [0, 0.1) is 0 Å². The van der Waals surface area contributed by atoms with Crippen molar-refractivity contribution in [2.24, 2.45) is 0 Å². The zero-order valence-electron chi connectivity index (χ0n) is 11.6. The first-order chi connectivity index (χ1) is 8.37. The maximum atomic E-state index is 12.0. The SMILES string of the molecule is CN(C(=O)OC(C)(C)C)C1Cc2ccccc2C1. The standard InChI is InChI=1S/C15H21NO2/c1-15(2,3)18-14(17)16(4)13-9-11-7-5-6-8-12(11)10-13/h5-8,13H,9-10H2,1-4H3. The Bertz CT molecular complexity index is 423. The maximum Gasteiger partial charge on any atom is 0.410 e. The number of fused-ring (bicyclic) bond motifs is 1. The van der Waals surface area contributed by atoms with E-state index in [0.717, 1.165) is 12.8 Å². The Morgan fingerprint density at radius 1 is 1.22 bits per heavy atom. The summed E-state index contributed by atoms with van der Waals surface area (Å²) in [6.45, 7) is 5.67. The Morgan fingerprint density at radius 3 is 2.17 bits per heavy atom. The van der Waals surface area contributed by atoms with Gasteiger partial charge >= 0.3 is 6.09 Å². The minimum atomic E-state index is -0.434. The lowest BCUT2D eigenvalue weighted by Crippen LogP contribution is -2.41. The Hall–Kier alpha value is -1.51. The van der Waals surface area contributed by atoms with E-state index in [1.54, 1.807) is 4.90 Å². The van der Waals surface area contributed by atoms with Crippen molar-refractivity contribution in [3.63, 3.8) is 0 Å². The van der Waals surface area contributed by atoms with Crippen LogP contribution in [-0.2, 0) is 17.6 Å². The third-order valence-electron chi connectivity index (χ3n) is 3.26. The molecule has 0 N–H and O–H groups in total. The predicted molar refractivity (Wildman–Crippen MR) is 71.6 cm³/mol. The van der Waals surface area contributed by atoms with Crippen LogP contribution in [0.25, 0.3) is 0 Å². The van der Waals surface area contributed by atoms with Gasteiger partial charge in [-0.25, -0.2) is 4.79 Å². The molecule has 0 unspecified atom stereocenters. The van der Waals surface area contributed by atoms with E-state index in [0.29, 0.717) is 0 Å². The summed E-state index contributed by atoms with van der Waals surface area (Å²) in [4.78, 5) is 13.7. The first-order valence-corrected chi connectivity index (χ1v) is 6.39. The highest BCUT2D eigenvalue weighted by Crippen LogP contribution is 2.25. The van der Waals surface area contributed by atoms with Crippen LogP contribution >= 0.6 is 0 Å². The van der Waals surface area contributed by atoms with Crippen LogP contribution < -0.4 is 0 Å². The molecule has 3 nitrogen and oxygen atoms in total. The third-order valence-corrected chi connectivity index (χ3v) is 3.26. The van der Waals surface area contributed by atoms with Crippen LogP contribution in [-0.4, -0.2) is 29.7 Å². The first-order valence-electron chi connectivity index (χ1n) is 6.39. The van der Waals surface area contributed by atoms with E-state index < -0.39 is 5.60 Å². The number of rotatable bonds is 1. The average Bonchev–Trinajstić information content (AvgIpc) is 2.68. The molecule has 0 saturated carbocycles. The molecule has 1 aliphatic carbocycles. The molecule has 0 aromatic heterocycles. The Kier molecular flexibility index (Phi) is 3.33. The van der Waals surface area contributed by atoms with Gasteiger partial charge in [-0.1, -0.05) is 24.3 Å². The van der Waals surface area contributed by atoms with Crippen LogP contribution in [0.5, 0.6) is 0 Å². The topological polar surface area (TPSA) is 29.5 Å². The second kappa shape index (κ2) is 4.63. The highest BCUT2D eigenvalue weighted by atomic mass is 16.6. The number of amides is 1. The molecule has 0 saturated heterocycles. The smallest absolute Gasteiger partial charge is 0.410 e. The van der Waals surface area contributed by atoms with Gasteiger partial charge in [0.15, 0.2) is 0 Å². The number of carbonyl (C=O) groups is 1. The van der Waals surface area contributed by atoms with Gasteiger partial charge in [-0.05, 0) is 44.7 Å². The van der Waals surface area contributed by atoms with E-state index in [1.165, 1.54) is 11.1 Å². The summed E-state index contributed by atoms with van der Waals surface area (Å²) >= 11 is 0. The maximum absolute atomic E-state index is 12.0. The molecule has 0 bridgehead atoms. The minimum Gasteiger partial charge on any atom is -0.444 e. The van der Waals surface area contributed by atoms with Crippen LogP contribution in [0.15, 0.2) is 24.3 Å². The summed E-state index contributed by atoms with van der Waals surface area (Å²) in [6.07, 6.45) is 1.61. The van der Waals surface area contributed by atoms with Crippen LogP contribution in [0.2, 0.25) is 0 Å². The lowest BCUT2D eigenvalue weighted by atomic mass is 10.1. The highest BCUT2D eigenvalue weighted by Gasteiger charge is 2.29. The van der Waals surface area contributed by atoms with E-state index in [2.05, 4.69) is 24.3 Å². The number of hydrogen-bond acceptors (Lipinski definition) is 2. The molecule has 1 aromatic carbocycles. The van der Waals surface area contributed by atoms with Gasteiger partial charge in [0.25, 0.3) is 0 Å². The van der Waals surface area contributed by atoms with Crippen molar-refractivity contribution >= 4 is 6.09 Å². The molecule has 0 radical (unpaired) electrons. The Balaban J connectivity index is 2.01. The molecular formula is C15H21NO2. The summed E-state index contributed by atoms with van der Waals surface area (Å²) in [5, 5.41) is 0. The Labute approximate surface area is 109 Å². The van der Waals surface area contributed by atoms with Gasteiger partial charge in [0.1, 0.15) is 5.60 Å². The highest BCUT2D eigenvalue weighted by molar-refractivity contribution is 5.68. The molecule has 2 rings (SSSR count). The lowest BCUT2D eigenvalue weighted by molar-refractivity contribution is 0.0229. The van der Waals surface area contributed by atoms with Crippen molar-refractivity contribution in [1.29, 1.82) is 0 Å². The number of ether oxygens (including phenoxy) is 1. The minimum absolute atomic E-state index is 0.220.